The summed E-state index contributed by atoms with van der Waals surface area (Å²) in [6.07, 6.45) is 5.70. The van der Waals surface area contributed by atoms with Gasteiger partial charge in [0.1, 0.15) is 0 Å². The molecule has 0 aliphatic carbocycles. The number of piperazine rings is 1. The summed E-state index contributed by atoms with van der Waals surface area (Å²) in [5, 5.41) is 4.15. The molecule has 0 N–H and O–H groups in total. The number of hydrogen-bond acceptors (Lipinski definition) is 5. The second-order valence-electron chi connectivity index (χ2n) is 8.09. The molecule has 1 aromatic heterocycles. The molecule has 2 aromatic rings. The highest BCUT2D eigenvalue weighted by Crippen LogP contribution is 2.26. The first-order valence-corrected chi connectivity index (χ1v) is 10.7. The van der Waals surface area contributed by atoms with Crippen LogP contribution in [-0.4, -0.2) is 77.8 Å². The van der Waals surface area contributed by atoms with Crippen molar-refractivity contribution >= 4 is 23.3 Å². The van der Waals surface area contributed by atoms with Gasteiger partial charge in [0.15, 0.2) is 0 Å². The lowest BCUT2D eigenvalue weighted by molar-refractivity contribution is -0.116. The Morgan fingerprint density at radius 2 is 1.73 bits per heavy atom. The van der Waals surface area contributed by atoms with Gasteiger partial charge in [-0.25, -0.2) is 4.79 Å². The molecule has 0 saturated carbocycles. The Morgan fingerprint density at radius 3 is 2.43 bits per heavy atom. The van der Waals surface area contributed by atoms with Gasteiger partial charge >= 0.3 is 6.03 Å². The van der Waals surface area contributed by atoms with Crippen LogP contribution in [0.25, 0.3) is 0 Å². The van der Waals surface area contributed by atoms with E-state index in [9.17, 15) is 9.59 Å². The molecule has 2 fully saturated rings. The second-order valence-corrected chi connectivity index (χ2v) is 8.09. The highest BCUT2D eigenvalue weighted by atomic mass is 16.2. The summed E-state index contributed by atoms with van der Waals surface area (Å²) < 4.78 is 1.33. The van der Waals surface area contributed by atoms with E-state index in [2.05, 4.69) is 39.2 Å². The molecule has 2 aliphatic rings. The molecule has 0 radical (unpaired) electrons. The molecular formula is C22H30N6O2. The number of rotatable bonds is 4. The molecule has 0 spiro atoms. The third-order valence-electron chi connectivity index (χ3n) is 6.10. The third kappa shape index (κ3) is 4.33. The largest absolute Gasteiger partial charge is 0.371 e. The minimum Gasteiger partial charge on any atom is -0.371 e. The molecule has 30 heavy (non-hydrogen) atoms. The number of aromatic nitrogens is 2. The van der Waals surface area contributed by atoms with Gasteiger partial charge in [-0.2, -0.15) is 9.78 Å². The van der Waals surface area contributed by atoms with Gasteiger partial charge in [-0.05, 0) is 24.5 Å². The Labute approximate surface area is 177 Å². The molecule has 2 aliphatic heterocycles. The lowest BCUT2D eigenvalue weighted by Gasteiger charge is -2.35. The van der Waals surface area contributed by atoms with Gasteiger partial charge in [0.05, 0.1) is 18.1 Å². The molecule has 160 valence electrons. The van der Waals surface area contributed by atoms with Crippen molar-refractivity contribution in [2.24, 2.45) is 0 Å². The van der Waals surface area contributed by atoms with Crippen LogP contribution in [0.2, 0.25) is 0 Å². The van der Waals surface area contributed by atoms with E-state index >= 15 is 0 Å². The third-order valence-corrected chi connectivity index (χ3v) is 6.10. The van der Waals surface area contributed by atoms with Crippen LogP contribution in [0.3, 0.4) is 0 Å². The van der Waals surface area contributed by atoms with Crippen LogP contribution >= 0.6 is 0 Å². The first kappa shape index (κ1) is 20.4. The van der Waals surface area contributed by atoms with Gasteiger partial charge in [-0.1, -0.05) is 18.2 Å². The van der Waals surface area contributed by atoms with Crippen LogP contribution in [0.15, 0.2) is 36.7 Å². The van der Waals surface area contributed by atoms with Gasteiger partial charge in [0.25, 0.3) is 0 Å². The Hall–Kier alpha value is -2.87. The zero-order chi connectivity index (χ0) is 21.1. The summed E-state index contributed by atoms with van der Waals surface area (Å²) in [6.45, 7) is 7.69. The minimum absolute atomic E-state index is 0.0928. The number of carbonyl (C=O) groups excluding carboxylic acids is 2. The summed E-state index contributed by atoms with van der Waals surface area (Å²) in [5.74, 6) is -0.0928. The Morgan fingerprint density at radius 1 is 1.03 bits per heavy atom. The minimum atomic E-state index is -0.143. The van der Waals surface area contributed by atoms with E-state index in [4.69, 9.17) is 0 Å². The first-order valence-electron chi connectivity index (χ1n) is 10.7. The highest BCUT2D eigenvalue weighted by Gasteiger charge is 2.24. The van der Waals surface area contributed by atoms with Crippen LogP contribution in [0.4, 0.5) is 16.2 Å². The van der Waals surface area contributed by atoms with Gasteiger partial charge in [0, 0.05) is 65.5 Å². The fourth-order valence-electron chi connectivity index (χ4n) is 4.17. The van der Waals surface area contributed by atoms with E-state index in [0.29, 0.717) is 18.8 Å². The maximum Gasteiger partial charge on any atom is 0.344 e. The van der Waals surface area contributed by atoms with Crippen molar-refractivity contribution in [3.05, 3.63) is 42.2 Å². The Kier molecular flexibility index (Phi) is 6.03. The van der Waals surface area contributed by atoms with Crippen molar-refractivity contribution < 1.29 is 9.59 Å². The smallest absolute Gasteiger partial charge is 0.344 e. The second kappa shape index (κ2) is 8.87. The topological polar surface area (TPSA) is 64.9 Å². The molecule has 0 bridgehead atoms. The number of nitrogens with zero attached hydrogens (tertiary/aromatic N) is 6. The molecule has 8 nitrogen and oxygen atoms in total. The van der Waals surface area contributed by atoms with Crippen LogP contribution < -0.4 is 9.80 Å². The van der Waals surface area contributed by atoms with E-state index < -0.39 is 0 Å². The molecule has 4 rings (SSSR count). The van der Waals surface area contributed by atoms with Crippen molar-refractivity contribution in [3.8, 4) is 0 Å². The molecule has 2 amide bonds. The molecule has 2 saturated heterocycles. The van der Waals surface area contributed by atoms with Gasteiger partial charge in [0.2, 0.25) is 5.91 Å². The predicted molar refractivity (Wildman–Crippen MR) is 117 cm³/mol. The Bertz CT molecular complexity index is 897. The SMILES string of the molecule is CC(=O)N(C)c1cnn(C(=O)N2CCN(Cc3ccccc3N3CCCC3)CC2)c1. The molecular weight excluding hydrogens is 380 g/mol. The van der Waals surface area contributed by atoms with E-state index in [0.717, 1.165) is 32.7 Å². The van der Waals surface area contributed by atoms with E-state index in [1.165, 1.54) is 40.6 Å². The van der Waals surface area contributed by atoms with Crippen molar-refractivity contribution in [1.82, 2.24) is 19.6 Å². The maximum atomic E-state index is 12.8. The summed E-state index contributed by atoms with van der Waals surface area (Å²) in [7, 11) is 1.67. The van der Waals surface area contributed by atoms with Crippen LogP contribution in [0.1, 0.15) is 25.3 Å². The zero-order valence-corrected chi connectivity index (χ0v) is 17.8. The monoisotopic (exact) mass is 410 g/mol. The van der Waals surface area contributed by atoms with Crippen molar-refractivity contribution in [1.29, 1.82) is 0 Å². The summed E-state index contributed by atoms with van der Waals surface area (Å²) in [6, 6.07) is 8.54. The quantitative estimate of drug-likeness (QED) is 0.774. The number of hydrogen-bond donors (Lipinski definition) is 0. The zero-order valence-electron chi connectivity index (χ0n) is 17.8. The summed E-state index contributed by atoms with van der Waals surface area (Å²) in [5.41, 5.74) is 3.34. The molecule has 8 heteroatoms. The molecule has 0 atom stereocenters. The molecule has 3 heterocycles. The van der Waals surface area contributed by atoms with Gasteiger partial charge in [-0.15, -0.1) is 0 Å². The van der Waals surface area contributed by atoms with E-state index in [1.54, 1.807) is 19.4 Å². The Balaban J connectivity index is 1.34. The van der Waals surface area contributed by atoms with Crippen LogP contribution in [0, 0.1) is 0 Å². The lowest BCUT2D eigenvalue weighted by Crippen LogP contribution is -2.49. The maximum absolute atomic E-state index is 12.8. The van der Waals surface area contributed by atoms with Crippen LogP contribution in [-0.2, 0) is 11.3 Å². The van der Waals surface area contributed by atoms with E-state index in [1.807, 2.05) is 4.90 Å². The van der Waals surface area contributed by atoms with Gasteiger partial charge < -0.3 is 14.7 Å². The number of carbonyl (C=O) groups is 2. The number of amides is 2. The lowest BCUT2D eigenvalue weighted by atomic mass is 10.1. The molecule has 1 aromatic carbocycles. The van der Waals surface area contributed by atoms with E-state index in [-0.39, 0.29) is 11.9 Å². The van der Waals surface area contributed by atoms with Gasteiger partial charge in [-0.3, -0.25) is 9.69 Å². The molecule has 0 unspecified atom stereocenters. The summed E-state index contributed by atoms with van der Waals surface area (Å²) in [4.78, 5) is 32.5. The summed E-state index contributed by atoms with van der Waals surface area (Å²) >= 11 is 0. The van der Waals surface area contributed by atoms with Crippen molar-refractivity contribution in [2.45, 2.75) is 26.3 Å². The number of anilines is 2. The first-order chi connectivity index (χ1) is 14.5. The number of para-hydroxylation sites is 1. The van der Waals surface area contributed by atoms with Crippen LogP contribution in [0.5, 0.6) is 0 Å². The standard InChI is InChI=1S/C22H30N6O2/c1-18(29)24(2)20-15-23-28(17-20)22(30)27-13-11-25(12-14-27)16-19-7-3-4-8-21(19)26-9-5-6-10-26/h3-4,7-8,15,17H,5-6,9-14,16H2,1-2H3. The fraction of sp³-hybridized carbons (Fsp3) is 0.500. The highest BCUT2D eigenvalue weighted by molar-refractivity contribution is 5.91. The average molecular weight is 411 g/mol. The average Bonchev–Trinajstić information content (AvgIpc) is 3.46. The normalized spacial score (nSPS) is 17.4. The van der Waals surface area contributed by atoms with Crippen molar-refractivity contribution in [3.63, 3.8) is 0 Å². The van der Waals surface area contributed by atoms with Crippen molar-refractivity contribution in [2.75, 3.05) is 56.1 Å². The number of benzene rings is 1. The fourth-order valence-corrected chi connectivity index (χ4v) is 4.17. The predicted octanol–water partition coefficient (Wildman–Crippen LogP) is 2.25.